The van der Waals surface area contributed by atoms with Crippen LogP contribution in [0.25, 0.3) is 16.9 Å². The van der Waals surface area contributed by atoms with Crippen LogP contribution in [0, 0.1) is 6.92 Å². The van der Waals surface area contributed by atoms with Gasteiger partial charge in [0.25, 0.3) is 11.5 Å². The van der Waals surface area contributed by atoms with Crippen LogP contribution in [0.5, 0.6) is 0 Å². The monoisotopic (exact) mass is 244 g/mol. The number of nitrogens with one attached hydrogen (secondary N) is 2. The summed E-state index contributed by atoms with van der Waals surface area (Å²) in [5.74, 6) is -0.0790. The van der Waals surface area contributed by atoms with E-state index in [0.29, 0.717) is 10.9 Å². The second-order valence-electron chi connectivity index (χ2n) is 3.83. The normalized spacial score (nSPS) is 10.9. The molecule has 3 rings (SSSR count). The number of tetrazole rings is 1. The van der Waals surface area contributed by atoms with Gasteiger partial charge in [0, 0.05) is 0 Å². The van der Waals surface area contributed by atoms with Gasteiger partial charge in [-0.2, -0.15) is 9.78 Å². The highest BCUT2D eigenvalue weighted by Crippen LogP contribution is 2.08. The molecule has 0 saturated carbocycles. The highest BCUT2D eigenvalue weighted by Gasteiger charge is 2.12. The molecule has 0 spiro atoms. The van der Waals surface area contributed by atoms with Gasteiger partial charge in [0.15, 0.2) is 0 Å². The Kier molecular flexibility index (Phi) is 2.09. The Labute approximate surface area is 99.3 Å². The summed E-state index contributed by atoms with van der Waals surface area (Å²) < 4.78 is 0.839. The van der Waals surface area contributed by atoms with Gasteiger partial charge in [0.1, 0.15) is 0 Å². The van der Waals surface area contributed by atoms with Gasteiger partial charge in [-0.25, -0.2) is 4.79 Å². The molecule has 8 nitrogen and oxygen atoms in total. The van der Waals surface area contributed by atoms with Crippen LogP contribution < -0.4 is 11.2 Å². The number of aromatic nitrogens is 6. The van der Waals surface area contributed by atoms with Gasteiger partial charge < -0.3 is 4.98 Å². The number of benzene rings is 1. The predicted molar refractivity (Wildman–Crippen MR) is 62.6 cm³/mol. The standard InChI is InChI=1S/C10H8N6O2/c1-5-2-3-7-6(4-5)8(17)16(10(18)11-7)9-12-14-15-13-9/h2-4H,1H3,(H,11,18)(H,12,13,14,15). The second kappa shape index (κ2) is 3.62. The Morgan fingerprint density at radius 3 is 2.83 bits per heavy atom. The first-order valence-electron chi connectivity index (χ1n) is 5.16. The molecule has 0 atom stereocenters. The molecule has 0 radical (unpaired) electrons. The lowest BCUT2D eigenvalue weighted by Crippen LogP contribution is -2.34. The average Bonchev–Trinajstić information content (AvgIpc) is 2.84. The largest absolute Gasteiger partial charge is 0.336 e. The number of aromatic amines is 2. The smallest absolute Gasteiger partial charge is 0.306 e. The molecule has 0 saturated heterocycles. The molecule has 0 aliphatic carbocycles. The Hall–Kier alpha value is -2.77. The zero-order chi connectivity index (χ0) is 12.7. The Bertz CT molecular complexity index is 830. The highest BCUT2D eigenvalue weighted by molar-refractivity contribution is 5.78. The van der Waals surface area contributed by atoms with E-state index < -0.39 is 11.2 Å². The van der Waals surface area contributed by atoms with Crippen LogP contribution in [0.1, 0.15) is 5.56 Å². The minimum absolute atomic E-state index is 0.0790. The van der Waals surface area contributed by atoms with E-state index in [1.807, 2.05) is 13.0 Å². The molecular formula is C10H8N6O2. The summed E-state index contributed by atoms with van der Waals surface area (Å²) in [5.41, 5.74) is 0.332. The number of fused-ring (bicyclic) bond motifs is 1. The van der Waals surface area contributed by atoms with Crippen molar-refractivity contribution in [1.82, 2.24) is 30.2 Å². The van der Waals surface area contributed by atoms with E-state index >= 15 is 0 Å². The quantitative estimate of drug-likeness (QED) is 0.599. The second-order valence-corrected chi connectivity index (χ2v) is 3.83. The predicted octanol–water partition coefficient (Wildman–Crippen LogP) is -0.499. The van der Waals surface area contributed by atoms with Gasteiger partial charge in [-0.3, -0.25) is 4.79 Å². The lowest BCUT2D eigenvalue weighted by atomic mass is 10.2. The summed E-state index contributed by atoms with van der Waals surface area (Å²) in [6, 6.07) is 5.20. The molecular weight excluding hydrogens is 236 g/mol. The molecule has 2 N–H and O–H groups in total. The van der Waals surface area contributed by atoms with Crippen molar-refractivity contribution in [1.29, 1.82) is 0 Å². The molecule has 90 valence electrons. The van der Waals surface area contributed by atoms with Gasteiger partial charge in [0.05, 0.1) is 10.9 Å². The Morgan fingerprint density at radius 1 is 1.28 bits per heavy atom. The molecule has 1 aromatic carbocycles. The molecule has 8 heteroatoms. The van der Waals surface area contributed by atoms with Gasteiger partial charge in [-0.15, -0.1) is 5.10 Å². The molecule has 0 aliphatic rings. The number of nitrogens with zero attached hydrogens (tertiary/aromatic N) is 4. The first kappa shape index (κ1) is 10.4. The van der Waals surface area contributed by atoms with Crippen LogP contribution in [0.3, 0.4) is 0 Å². The first-order valence-corrected chi connectivity index (χ1v) is 5.16. The molecule has 0 aliphatic heterocycles. The molecule has 0 unspecified atom stereocenters. The van der Waals surface area contributed by atoms with Gasteiger partial charge in [-0.1, -0.05) is 16.7 Å². The summed E-state index contributed by atoms with van der Waals surface area (Å²) in [5, 5.41) is 13.2. The van der Waals surface area contributed by atoms with E-state index in [9.17, 15) is 9.59 Å². The van der Waals surface area contributed by atoms with Crippen LogP contribution in [-0.4, -0.2) is 30.2 Å². The third kappa shape index (κ3) is 1.43. The number of hydrogen-bond donors (Lipinski definition) is 2. The molecule has 3 aromatic rings. The van der Waals surface area contributed by atoms with E-state index in [4.69, 9.17) is 0 Å². The minimum Gasteiger partial charge on any atom is -0.306 e. The topological polar surface area (TPSA) is 109 Å². The summed E-state index contributed by atoms with van der Waals surface area (Å²) in [6.07, 6.45) is 0. The number of aryl methyl sites for hydroxylation is 1. The van der Waals surface area contributed by atoms with E-state index in [-0.39, 0.29) is 5.95 Å². The zero-order valence-electron chi connectivity index (χ0n) is 9.34. The average molecular weight is 244 g/mol. The Balaban J connectivity index is 2.48. The van der Waals surface area contributed by atoms with Crippen LogP contribution in [0.4, 0.5) is 0 Å². The van der Waals surface area contributed by atoms with E-state index in [0.717, 1.165) is 10.1 Å². The van der Waals surface area contributed by atoms with Crippen molar-refractivity contribution in [2.24, 2.45) is 0 Å². The lowest BCUT2D eigenvalue weighted by molar-refractivity contribution is 0.833. The maximum atomic E-state index is 12.2. The van der Waals surface area contributed by atoms with Crippen molar-refractivity contribution in [3.8, 4) is 5.95 Å². The van der Waals surface area contributed by atoms with Crippen LogP contribution >= 0.6 is 0 Å². The van der Waals surface area contributed by atoms with E-state index in [2.05, 4.69) is 25.6 Å². The Morgan fingerprint density at radius 2 is 2.11 bits per heavy atom. The number of rotatable bonds is 1. The van der Waals surface area contributed by atoms with Crippen molar-refractivity contribution >= 4 is 10.9 Å². The number of hydrogen-bond acceptors (Lipinski definition) is 5. The molecule has 2 aromatic heterocycles. The van der Waals surface area contributed by atoms with Crippen molar-refractivity contribution in [3.63, 3.8) is 0 Å². The molecule has 2 heterocycles. The third-order valence-corrected chi connectivity index (χ3v) is 2.59. The fourth-order valence-electron chi connectivity index (χ4n) is 1.76. The minimum atomic E-state index is -0.599. The summed E-state index contributed by atoms with van der Waals surface area (Å²) >= 11 is 0. The lowest BCUT2D eigenvalue weighted by Gasteiger charge is -2.02. The highest BCUT2D eigenvalue weighted by atomic mass is 16.2. The SMILES string of the molecule is Cc1ccc2[nH]c(=O)n(-c3nn[nH]n3)c(=O)c2c1. The van der Waals surface area contributed by atoms with Crippen molar-refractivity contribution < 1.29 is 0 Å². The maximum Gasteiger partial charge on any atom is 0.336 e. The molecule has 18 heavy (non-hydrogen) atoms. The van der Waals surface area contributed by atoms with Crippen LogP contribution in [-0.2, 0) is 0 Å². The van der Waals surface area contributed by atoms with E-state index in [1.54, 1.807) is 12.1 Å². The summed E-state index contributed by atoms with van der Waals surface area (Å²) in [7, 11) is 0. The van der Waals surface area contributed by atoms with Crippen molar-refractivity contribution in [3.05, 3.63) is 44.6 Å². The van der Waals surface area contributed by atoms with Gasteiger partial charge in [-0.05, 0) is 24.3 Å². The van der Waals surface area contributed by atoms with Crippen molar-refractivity contribution in [2.45, 2.75) is 6.92 Å². The third-order valence-electron chi connectivity index (χ3n) is 2.59. The van der Waals surface area contributed by atoms with Crippen molar-refractivity contribution in [2.75, 3.05) is 0 Å². The number of H-pyrrole nitrogens is 2. The van der Waals surface area contributed by atoms with Gasteiger partial charge in [0.2, 0.25) is 0 Å². The molecule has 0 bridgehead atoms. The molecule has 0 fully saturated rings. The fourth-order valence-corrected chi connectivity index (χ4v) is 1.76. The summed E-state index contributed by atoms with van der Waals surface area (Å²) in [4.78, 5) is 26.6. The van der Waals surface area contributed by atoms with Crippen LogP contribution in [0.2, 0.25) is 0 Å². The fraction of sp³-hybridized carbons (Fsp3) is 0.100. The summed E-state index contributed by atoms with van der Waals surface area (Å²) in [6.45, 7) is 1.86. The van der Waals surface area contributed by atoms with Crippen LogP contribution in [0.15, 0.2) is 27.8 Å². The van der Waals surface area contributed by atoms with E-state index in [1.165, 1.54) is 0 Å². The zero-order valence-corrected chi connectivity index (χ0v) is 9.34. The first-order chi connectivity index (χ1) is 8.66. The van der Waals surface area contributed by atoms with Gasteiger partial charge >= 0.3 is 5.69 Å². The maximum absolute atomic E-state index is 12.2. The molecule has 0 amide bonds.